The number of rotatable bonds is 4. The largest absolute Gasteiger partial charge is 1.00 e. The molecule has 3 amide bonds. The van der Waals surface area contributed by atoms with E-state index >= 15 is 0 Å². The minimum Gasteiger partial charge on any atom is -0.543 e. The summed E-state index contributed by atoms with van der Waals surface area (Å²) < 4.78 is 14.3. The molecule has 2 heterocycles. The SMILES string of the molecule is CNC(=O)Nc1ccc(C2=C(C(=O)[O-])N3C(=O)[C@H]([C@@H](C)O)[C@H]3C2)cc1F.[Na+]. The summed E-state index contributed by atoms with van der Waals surface area (Å²) in [5.74, 6) is -3.46. The number of fused-ring (bicyclic) bond motifs is 1. The Kier molecular flexibility index (Phi) is 6.31. The van der Waals surface area contributed by atoms with Crippen LogP contribution in [-0.2, 0) is 9.59 Å². The molecule has 8 nitrogen and oxygen atoms in total. The Morgan fingerprint density at radius 3 is 2.59 bits per heavy atom. The van der Waals surface area contributed by atoms with Gasteiger partial charge in [0.25, 0.3) is 0 Å². The van der Waals surface area contributed by atoms with Crippen LogP contribution in [-0.4, -0.2) is 47.1 Å². The van der Waals surface area contributed by atoms with E-state index in [1.54, 1.807) is 0 Å². The molecule has 1 aromatic carbocycles. The van der Waals surface area contributed by atoms with Gasteiger partial charge in [0.05, 0.1) is 35.4 Å². The van der Waals surface area contributed by atoms with Crippen LogP contribution < -0.4 is 45.3 Å². The van der Waals surface area contributed by atoms with Gasteiger partial charge in [-0.2, -0.15) is 0 Å². The molecule has 0 unspecified atom stereocenters. The number of urea groups is 1. The molecule has 0 saturated carbocycles. The molecule has 3 rings (SSSR count). The van der Waals surface area contributed by atoms with Gasteiger partial charge in [0.1, 0.15) is 5.82 Å². The average Bonchev–Trinajstić information content (AvgIpc) is 2.91. The van der Waals surface area contributed by atoms with Crippen LogP contribution in [0.15, 0.2) is 23.9 Å². The van der Waals surface area contributed by atoms with E-state index < -0.39 is 41.8 Å². The Morgan fingerprint density at radius 2 is 2.07 bits per heavy atom. The molecular weight excluding hydrogens is 368 g/mol. The van der Waals surface area contributed by atoms with Crippen LogP contribution in [0.1, 0.15) is 18.9 Å². The number of carboxylic acids is 1. The van der Waals surface area contributed by atoms with Crippen LogP contribution in [0, 0.1) is 11.7 Å². The Balaban J connectivity index is 0.00000261. The number of carbonyl (C=O) groups excluding carboxylic acids is 3. The van der Waals surface area contributed by atoms with Gasteiger partial charge in [-0.15, -0.1) is 0 Å². The predicted molar refractivity (Wildman–Crippen MR) is 86.8 cm³/mol. The van der Waals surface area contributed by atoms with Crippen LogP contribution in [0.25, 0.3) is 5.57 Å². The molecule has 0 aromatic heterocycles. The number of hydrogen-bond acceptors (Lipinski definition) is 5. The van der Waals surface area contributed by atoms with Crippen LogP contribution in [0.4, 0.5) is 14.9 Å². The fourth-order valence-corrected chi connectivity index (χ4v) is 3.51. The third kappa shape index (κ3) is 3.60. The topological polar surface area (TPSA) is 122 Å². The van der Waals surface area contributed by atoms with Gasteiger partial charge in [-0.05, 0) is 36.6 Å². The normalized spacial score (nSPS) is 21.8. The van der Waals surface area contributed by atoms with E-state index in [0.29, 0.717) is 0 Å². The Hall–Kier alpha value is -1.94. The molecule has 1 aromatic rings. The number of nitrogens with zero attached hydrogens (tertiary/aromatic N) is 1. The summed E-state index contributed by atoms with van der Waals surface area (Å²) >= 11 is 0. The summed E-state index contributed by atoms with van der Waals surface area (Å²) in [7, 11) is 1.39. The molecular formula is C17H17FN3NaO5. The van der Waals surface area contributed by atoms with Gasteiger partial charge >= 0.3 is 35.6 Å². The molecule has 27 heavy (non-hydrogen) atoms. The second-order valence-corrected chi connectivity index (χ2v) is 6.26. The summed E-state index contributed by atoms with van der Waals surface area (Å²) in [5.41, 5.74) is 0.166. The van der Waals surface area contributed by atoms with E-state index in [-0.39, 0.29) is 58.5 Å². The minimum absolute atomic E-state index is 0. The second-order valence-electron chi connectivity index (χ2n) is 6.26. The molecule has 3 atom stereocenters. The number of β-lactam (4-membered cyclic amide) rings is 1. The summed E-state index contributed by atoms with van der Waals surface area (Å²) in [6.07, 6.45) is -0.742. The van der Waals surface area contributed by atoms with Crippen molar-refractivity contribution >= 4 is 29.2 Å². The number of halogens is 1. The van der Waals surface area contributed by atoms with Crippen LogP contribution >= 0.6 is 0 Å². The quantitative estimate of drug-likeness (QED) is 0.370. The number of aliphatic carboxylic acids is 1. The number of aliphatic hydroxyl groups excluding tert-OH is 1. The maximum Gasteiger partial charge on any atom is 1.00 e. The van der Waals surface area contributed by atoms with Crippen LogP contribution in [0.5, 0.6) is 0 Å². The van der Waals surface area contributed by atoms with E-state index in [1.165, 1.54) is 26.1 Å². The standard InChI is InChI=1S/C17H18FN3O5.Na/c1-7(22)13-12-6-9(14(16(24)25)21(12)15(13)23)8-3-4-11(10(18)5-8)20-17(26)19-2;/h3-5,7,12-13,22H,6H2,1-2H3,(H,24,25)(H2,19,20,26);/q;+1/p-1/t7-,12-,13-;/m1./s1. The molecule has 1 saturated heterocycles. The Labute approximate surface area is 176 Å². The molecule has 0 spiro atoms. The fraction of sp³-hybridized carbons (Fsp3) is 0.353. The van der Waals surface area contributed by atoms with Gasteiger partial charge < -0.3 is 30.5 Å². The monoisotopic (exact) mass is 385 g/mol. The first-order chi connectivity index (χ1) is 12.3. The Bertz CT molecular complexity index is 842. The van der Waals surface area contributed by atoms with Crippen molar-refractivity contribution in [3.05, 3.63) is 35.3 Å². The van der Waals surface area contributed by atoms with Gasteiger partial charge in [-0.1, -0.05) is 6.07 Å². The van der Waals surface area contributed by atoms with E-state index in [1.807, 2.05) is 0 Å². The summed E-state index contributed by atoms with van der Waals surface area (Å²) in [4.78, 5) is 36.1. The van der Waals surface area contributed by atoms with Gasteiger partial charge in [-0.25, -0.2) is 9.18 Å². The molecule has 1 fully saturated rings. The molecule has 3 N–H and O–H groups in total. The summed E-state index contributed by atoms with van der Waals surface area (Å²) in [5, 5.41) is 25.9. The van der Waals surface area contributed by atoms with Crippen molar-refractivity contribution < 1.29 is 58.5 Å². The average molecular weight is 385 g/mol. The van der Waals surface area contributed by atoms with Gasteiger partial charge in [0, 0.05) is 7.05 Å². The first-order valence-corrected chi connectivity index (χ1v) is 8.00. The number of carbonyl (C=O) groups is 3. The molecule has 0 aliphatic carbocycles. The third-order valence-electron chi connectivity index (χ3n) is 4.71. The van der Waals surface area contributed by atoms with Crippen molar-refractivity contribution in [3.8, 4) is 0 Å². The van der Waals surface area contributed by atoms with Crippen molar-refractivity contribution in [2.24, 2.45) is 5.92 Å². The van der Waals surface area contributed by atoms with E-state index in [9.17, 15) is 29.0 Å². The van der Waals surface area contributed by atoms with Crippen LogP contribution in [0.3, 0.4) is 0 Å². The van der Waals surface area contributed by atoms with Crippen molar-refractivity contribution in [2.45, 2.75) is 25.5 Å². The van der Waals surface area contributed by atoms with E-state index in [2.05, 4.69) is 10.6 Å². The first kappa shape index (κ1) is 21.4. The number of aliphatic hydroxyl groups is 1. The molecule has 2 aliphatic rings. The number of amides is 3. The van der Waals surface area contributed by atoms with Gasteiger partial charge in [0.15, 0.2) is 0 Å². The molecule has 0 bridgehead atoms. The smallest absolute Gasteiger partial charge is 0.543 e. The summed E-state index contributed by atoms with van der Waals surface area (Å²) in [6, 6.07) is 2.78. The zero-order valence-electron chi connectivity index (χ0n) is 15.1. The maximum absolute atomic E-state index is 14.3. The van der Waals surface area contributed by atoms with Crippen LogP contribution in [0.2, 0.25) is 0 Å². The van der Waals surface area contributed by atoms with Crippen molar-refractivity contribution in [1.82, 2.24) is 10.2 Å². The van der Waals surface area contributed by atoms with Crippen molar-refractivity contribution in [1.29, 1.82) is 0 Å². The van der Waals surface area contributed by atoms with Gasteiger partial charge in [-0.3, -0.25) is 4.79 Å². The Morgan fingerprint density at radius 1 is 1.41 bits per heavy atom. The van der Waals surface area contributed by atoms with Crippen molar-refractivity contribution in [2.75, 3.05) is 12.4 Å². The van der Waals surface area contributed by atoms with E-state index in [4.69, 9.17) is 0 Å². The number of carboxylic acid groups (broad SMARTS) is 1. The summed E-state index contributed by atoms with van der Waals surface area (Å²) in [6.45, 7) is 1.47. The zero-order chi connectivity index (χ0) is 19.2. The van der Waals surface area contributed by atoms with Gasteiger partial charge in [0.2, 0.25) is 5.91 Å². The minimum atomic E-state index is -1.53. The number of nitrogens with one attached hydrogen (secondary N) is 2. The first-order valence-electron chi connectivity index (χ1n) is 8.00. The number of anilines is 1. The molecule has 138 valence electrons. The molecule has 10 heteroatoms. The second kappa shape index (κ2) is 7.97. The number of benzene rings is 1. The van der Waals surface area contributed by atoms with E-state index in [0.717, 1.165) is 11.0 Å². The van der Waals surface area contributed by atoms with Crippen molar-refractivity contribution in [3.63, 3.8) is 0 Å². The molecule has 0 radical (unpaired) electrons. The molecule has 2 aliphatic heterocycles. The number of hydrogen-bond donors (Lipinski definition) is 3. The maximum atomic E-state index is 14.3. The fourth-order valence-electron chi connectivity index (χ4n) is 3.51. The predicted octanol–water partition coefficient (Wildman–Crippen LogP) is -3.35. The third-order valence-corrected chi connectivity index (χ3v) is 4.71. The zero-order valence-corrected chi connectivity index (χ0v) is 17.1.